The summed E-state index contributed by atoms with van der Waals surface area (Å²) < 4.78 is 1.54. The summed E-state index contributed by atoms with van der Waals surface area (Å²) in [5, 5.41) is 4.04. The first kappa shape index (κ1) is 12.3. The van der Waals surface area contributed by atoms with Gasteiger partial charge in [-0.25, -0.2) is 0 Å². The van der Waals surface area contributed by atoms with Crippen LogP contribution in [0.2, 0.25) is 0 Å². The van der Waals surface area contributed by atoms with Crippen LogP contribution in [0.4, 0.5) is 5.69 Å². The van der Waals surface area contributed by atoms with E-state index in [0.29, 0.717) is 17.9 Å². The Balaban J connectivity index is 2.63. The van der Waals surface area contributed by atoms with E-state index in [2.05, 4.69) is 11.7 Å². The summed E-state index contributed by atoms with van der Waals surface area (Å²) in [6.07, 6.45) is 5.27. The Bertz CT molecular complexity index is 383. The molecule has 2 N–H and O–H groups in total. The monoisotopic (exact) mass is 222 g/mol. The molecule has 0 saturated heterocycles. The number of nitrogens with two attached hydrogens (primary N) is 1. The number of amides is 1. The molecule has 0 radical (unpaired) electrons. The van der Waals surface area contributed by atoms with E-state index < -0.39 is 0 Å². The molecule has 5 nitrogen and oxygen atoms in total. The maximum atomic E-state index is 11.9. The van der Waals surface area contributed by atoms with Gasteiger partial charge in [0.2, 0.25) is 0 Å². The zero-order valence-corrected chi connectivity index (χ0v) is 9.81. The van der Waals surface area contributed by atoms with Gasteiger partial charge in [0.1, 0.15) is 0 Å². The van der Waals surface area contributed by atoms with Crippen molar-refractivity contribution in [3.05, 3.63) is 24.5 Å². The number of rotatable bonds is 5. The van der Waals surface area contributed by atoms with Crippen molar-refractivity contribution >= 4 is 11.6 Å². The molecule has 0 unspecified atom stereocenters. The number of allylic oxidation sites excluding steroid dienone is 1. The fourth-order valence-electron chi connectivity index (χ4n) is 1.43. The van der Waals surface area contributed by atoms with Crippen LogP contribution in [0.25, 0.3) is 0 Å². The van der Waals surface area contributed by atoms with Gasteiger partial charge in [0, 0.05) is 26.8 Å². The Hall–Kier alpha value is -1.78. The minimum Gasteiger partial charge on any atom is -0.396 e. The number of unbranched alkanes of at least 4 members (excludes halogenated alkanes) is 1. The highest BCUT2D eigenvalue weighted by molar-refractivity contribution is 5.96. The van der Waals surface area contributed by atoms with Gasteiger partial charge < -0.3 is 10.6 Å². The predicted octanol–water partition coefficient (Wildman–Crippen LogP) is 1.04. The second kappa shape index (κ2) is 5.34. The van der Waals surface area contributed by atoms with Gasteiger partial charge in [0.15, 0.2) is 5.69 Å². The van der Waals surface area contributed by atoms with E-state index in [-0.39, 0.29) is 5.91 Å². The lowest BCUT2D eigenvalue weighted by Gasteiger charge is -2.15. The average molecular weight is 222 g/mol. The fraction of sp³-hybridized carbons (Fsp3) is 0.455. The smallest absolute Gasteiger partial charge is 0.276 e. The summed E-state index contributed by atoms with van der Waals surface area (Å²) >= 11 is 0. The quantitative estimate of drug-likeness (QED) is 0.598. The van der Waals surface area contributed by atoms with E-state index in [0.717, 1.165) is 12.8 Å². The highest BCUT2D eigenvalue weighted by atomic mass is 16.2. The third-order valence-corrected chi connectivity index (χ3v) is 2.31. The van der Waals surface area contributed by atoms with Gasteiger partial charge in [-0.1, -0.05) is 6.08 Å². The Morgan fingerprint density at radius 1 is 1.75 bits per heavy atom. The second-order valence-electron chi connectivity index (χ2n) is 3.76. The molecule has 1 rings (SSSR count). The molecule has 0 spiro atoms. The molecular formula is C11H18N4O. The van der Waals surface area contributed by atoms with Gasteiger partial charge in [-0.2, -0.15) is 5.10 Å². The molecule has 88 valence electrons. The number of anilines is 1. The SMILES string of the molecule is C=CCCCN(C)C(=O)c1nn(C)cc1N. The first-order valence-corrected chi connectivity index (χ1v) is 5.21. The standard InChI is InChI=1S/C11H18N4O/c1-4-5-6-7-14(2)11(16)10-9(12)8-15(3)13-10/h4,8H,1,5-7,12H2,2-3H3. The van der Waals surface area contributed by atoms with Gasteiger partial charge in [-0.15, -0.1) is 6.58 Å². The lowest BCUT2D eigenvalue weighted by atomic mass is 10.2. The number of nitrogens with zero attached hydrogens (tertiary/aromatic N) is 3. The Morgan fingerprint density at radius 2 is 2.44 bits per heavy atom. The minimum atomic E-state index is -0.137. The van der Waals surface area contributed by atoms with Crippen molar-refractivity contribution < 1.29 is 4.79 Å². The molecule has 5 heteroatoms. The van der Waals surface area contributed by atoms with Gasteiger partial charge in [-0.05, 0) is 12.8 Å². The molecule has 0 saturated carbocycles. The zero-order chi connectivity index (χ0) is 12.1. The van der Waals surface area contributed by atoms with E-state index >= 15 is 0 Å². The van der Waals surface area contributed by atoms with Crippen LogP contribution in [0, 0.1) is 0 Å². The average Bonchev–Trinajstić information content (AvgIpc) is 2.57. The molecule has 16 heavy (non-hydrogen) atoms. The van der Waals surface area contributed by atoms with Crippen molar-refractivity contribution in [2.75, 3.05) is 19.3 Å². The highest BCUT2D eigenvalue weighted by Gasteiger charge is 2.17. The zero-order valence-electron chi connectivity index (χ0n) is 9.81. The van der Waals surface area contributed by atoms with E-state index in [1.165, 1.54) is 0 Å². The molecule has 1 aromatic heterocycles. The third kappa shape index (κ3) is 2.85. The largest absolute Gasteiger partial charge is 0.396 e. The molecule has 0 aliphatic carbocycles. The van der Waals surface area contributed by atoms with Crippen LogP contribution in [0.5, 0.6) is 0 Å². The summed E-state index contributed by atoms with van der Waals surface area (Å²) in [5.41, 5.74) is 6.43. The van der Waals surface area contributed by atoms with Gasteiger partial charge in [0.25, 0.3) is 5.91 Å². The van der Waals surface area contributed by atoms with Crippen molar-refractivity contribution in [3.8, 4) is 0 Å². The molecule has 0 fully saturated rings. The lowest BCUT2D eigenvalue weighted by Crippen LogP contribution is -2.28. The van der Waals surface area contributed by atoms with E-state index in [1.807, 2.05) is 6.08 Å². The van der Waals surface area contributed by atoms with Crippen LogP contribution in [-0.2, 0) is 7.05 Å². The number of carbonyl (C=O) groups excluding carboxylic acids is 1. The molecule has 0 aliphatic heterocycles. The molecule has 0 aromatic carbocycles. The summed E-state index contributed by atoms with van der Waals surface area (Å²) in [4.78, 5) is 13.5. The van der Waals surface area contributed by atoms with Crippen LogP contribution in [0.3, 0.4) is 0 Å². The van der Waals surface area contributed by atoms with Crippen molar-refractivity contribution in [3.63, 3.8) is 0 Å². The topological polar surface area (TPSA) is 64.2 Å². The Labute approximate surface area is 95.5 Å². The second-order valence-corrected chi connectivity index (χ2v) is 3.76. The molecule has 0 atom stereocenters. The number of hydrogen-bond acceptors (Lipinski definition) is 3. The van der Waals surface area contributed by atoms with Crippen LogP contribution < -0.4 is 5.73 Å². The van der Waals surface area contributed by atoms with Gasteiger partial charge in [0.05, 0.1) is 5.69 Å². The molecule has 0 aliphatic rings. The third-order valence-electron chi connectivity index (χ3n) is 2.31. The minimum absolute atomic E-state index is 0.137. The normalized spacial score (nSPS) is 10.1. The maximum Gasteiger partial charge on any atom is 0.276 e. The highest BCUT2D eigenvalue weighted by Crippen LogP contribution is 2.10. The molecule has 1 heterocycles. The first-order valence-electron chi connectivity index (χ1n) is 5.21. The molecule has 1 aromatic rings. The summed E-state index contributed by atoms with van der Waals surface area (Å²) in [6.45, 7) is 4.32. The molecule has 1 amide bonds. The number of hydrogen-bond donors (Lipinski definition) is 1. The van der Waals surface area contributed by atoms with Gasteiger partial charge in [-0.3, -0.25) is 9.48 Å². The van der Waals surface area contributed by atoms with Crippen molar-refractivity contribution in [1.29, 1.82) is 0 Å². The Morgan fingerprint density at radius 3 is 2.94 bits per heavy atom. The lowest BCUT2D eigenvalue weighted by molar-refractivity contribution is 0.0788. The van der Waals surface area contributed by atoms with Crippen LogP contribution >= 0.6 is 0 Å². The van der Waals surface area contributed by atoms with Crippen molar-refractivity contribution in [2.24, 2.45) is 7.05 Å². The predicted molar refractivity (Wildman–Crippen MR) is 64.0 cm³/mol. The fourth-order valence-corrected chi connectivity index (χ4v) is 1.43. The molecular weight excluding hydrogens is 204 g/mol. The number of nitrogen functional groups attached to an aromatic ring is 1. The van der Waals surface area contributed by atoms with Crippen LogP contribution in [-0.4, -0.2) is 34.2 Å². The summed E-state index contributed by atoms with van der Waals surface area (Å²) in [5.74, 6) is -0.137. The number of aryl methyl sites for hydroxylation is 1. The number of aromatic nitrogens is 2. The van der Waals surface area contributed by atoms with Crippen LogP contribution in [0.15, 0.2) is 18.9 Å². The molecule has 0 bridgehead atoms. The van der Waals surface area contributed by atoms with Gasteiger partial charge >= 0.3 is 0 Å². The van der Waals surface area contributed by atoms with E-state index in [9.17, 15) is 4.79 Å². The summed E-state index contributed by atoms with van der Waals surface area (Å²) in [6, 6.07) is 0. The van der Waals surface area contributed by atoms with Crippen molar-refractivity contribution in [1.82, 2.24) is 14.7 Å². The van der Waals surface area contributed by atoms with E-state index in [4.69, 9.17) is 5.73 Å². The first-order chi connectivity index (χ1) is 7.56. The maximum absolute atomic E-state index is 11.9. The van der Waals surface area contributed by atoms with Crippen molar-refractivity contribution in [2.45, 2.75) is 12.8 Å². The Kier molecular flexibility index (Phi) is 4.10. The summed E-state index contributed by atoms with van der Waals surface area (Å²) in [7, 11) is 3.49. The van der Waals surface area contributed by atoms with E-state index in [1.54, 1.807) is 29.9 Å². The number of carbonyl (C=O) groups is 1. The van der Waals surface area contributed by atoms with Crippen LogP contribution in [0.1, 0.15) is 23.3 Å².